The Labute approximate surface area is 111 Å². The standard InChI is InChI=1S/C14H16FN3O/c1-4-16-14-17-8-10(3)13(18-14)19-12-6-5-11(15)7-9(12)2/h5-8H,4H2,1-3H3,(H,16,17,18). The van der Waals surface area contributed by atoms with Crippen molar-refractivity contribution in [1.82, 2.24) is 9.97 Å². The molecule has 0 unspecified atom stereocenters. The average molecular weight is 261 g/mol. The first-order chi connectivity index (χ1) is 9.10. The van der Waals surface area contributed by atoms with Crippen LogP contribution in [-0.4, -0.2) is 16.5 Å². The molecule has 1 N–H and O–H groups in total. The second-order valence-electron chi connectivity index (χ2n) is 4.22. The van der Waals surface area contributed by atoms with E-state index in [0.29, 0.717) is 17.6 Å². The van der Waals surface area contributed by atoms with E-state index < -0.39 is 0 Å². The van der Waals surface area contributed by atoms with Crippen LogP contribution in [0.5, 0.6) is 11.6 Å². The SMILES string of the molecule is CCNc1ncc(C)c(Oc2ccc(F)cc2C)n1. The summed E-state index contributed by atoms with van der Waals surface area (Å²) in [5, 5.41) is 3.02. The first kappa shape index (κ1) is 13.3. The molecule has 0 saturated heterocycles. The van der Waals surface area contributed by atoms with Crippen molar-refractivity contribution in [2.24, 2.45) is 0 Å². The molecule has 0 spiro atoms. The van der Waals surface area contributed by atoms with Crippen LogP contribution in [0.25, 0.3) is 0 Å². The van der Waals surface area contributed by atoms with Gasteiger partial charge >= 0.3 is 0 Å². The maximum absolute atomic E-state index is 13.0. The van der Waals surface area contributed by atoms with Crippen molar-refractivity contribution >= 4 is 5.95 Å². The predicted molar refractivity (Wildman–Crippen MR) is 72.1 cm³/mol. The molecule has 2 rings (SSSR count). The van der Waals surface area contributed by atoms with Crippen LogP contribution in [0.2, 0.25) is 0 Å². The van der Waals surface area contributed by atoms with Gasteiger partial charge in [-0.05, 0) is 44.5 Å². The van der Waals surface area contributed by atoms with Crippen molar-refractivity contribution in [3.63, 3.8) is 0 Å². The van der Waals surface area contributed by atoms with Gasteiger partial charge in [-0.15, -0.1) is 0 Å². The van der Waals surface area contributed by atoms with E-state index in [1.165, 1.54) is 12.1 Å². The van der Waals surface area contributed by atoms with Gasteiger partial charge in [-0.25, -0.2) is 9.37 Å². The molecule has 4 nitrogen and oxygen atoms in total. The molecule has 0 atom stereocenters. The molecule has 0 fully saturated rings. The zero-order valence-corrected chi connectivity index (χ0v) is 11.2. The van der Waals surface area contributed by atoms with E-state index in [2.05, 4.69) is 15.3 Å². The summed E-state index contributed by atoms with van der Waals surface area (Å²) >= 11 is 0. The van der Waals surface area contributed by atoms with Crippen LogP contribution in [-0.2, 0) is 0 Å². The molecule has 19 heavy (non-hydrogen) atoms. The molecule has 2 aromatic rings. The number of nitrogens with one attached hydrogen (secondary N) is 1. The van der Waals surface area contributed by atoms with Gasteiger partial charge in [0.1, 0.15) is 11.6 Å². The Morgan fingerprint density at radius 2 is 2.05 bits per heavy atom. The summed E-state index contributed by atoms with van der Waals surface area (Å²) in [5.74, 6) is 1.30. The number of halogens is 1. The Morgan fingerprint density at radius 3 is 2.74 bits per heavy atom. The van der Waals surface area contributed by atoms with Gasteiger partial charge in [-0.1, -0.05) is 0 Å². The number of aryl methyl sites for hydroxylation is 2. The third-order valence-electron chi connectivity index (χ3n) is 2.60. The largest absolute Gasteiger partial charge is 0.438 e. The number of hydrogen-bond acceptors (Lipinski definition) is 4. The smallest absolute Gasteiger partial charge is 0.226 e. The van der Waals surface area contributed by atoms with Crippen molar-refractivity contribution in [2.75, 3.05) is 11.9 Å². The fraction of sp³-hybridized carbons (Fsp3) is 0.286. The highest BCUT2D eigenvalue weighted by Crippen LogP contribution is 2.26. The number of rotatable bonds is 4. The van der Waals surface area contributed by atoms with Crippen molar-refractivity contribution in [3.05, 3.63) is 41.3 Å². The van der Waals surface area contributed by atoms with Crippen LogP contribution in [0, 0.1) is 19.7 Å². The lowest BCUT2D eigenvalue weighted by Gasteiger charge is -2.11. The lowest BCUT2D eigenvalue weighted by Crippen LogP contribution is -2.04. The van der Waals surface area contributed by atoms with Crippen LogP contribution in [0.1, 0.15) is 18.1 Å². The van der Waals surface area contributed by atoms with Gasteiger partial charge in [-0.2, -0.15) is 4.98 Å². The fourth-order valence-electron chi connectivity index (χ4n) is 1.60. The summed E-state index contributed by atoms with van der Waals surface area (Å²) in [7, 11) is 0. The lowest BCUT2D eigenvalue weighted by molar-refractivity contribution is 0.453. The molecule has 100 valence electrons. The Balaban J connectivity index is 2.29. The number of ether oxygens (including phenoxy) is 1. The summed E-state index contributed by atoms with van der Waals surface area (Å²) in [4.78, 5) is 8.43. The van der Waals surface area contributed by atoms with Crippen molar-refractivity contribution in [1.29, 1.82) is 0 Å². The van der Waals surface area contributed by atoms with Gasteiger partial charge in [0.15, 0.2) is 0 Å². The van der Waals surface area contributed by atoms with E-state index in [0.717, 1.165) is 17.7 Å². The summed E-state index contributed by atoms with van der Waals surface area (Å²) in [6.45, 7) is 6.36. The first-order valence-corrected chi connectivity index (χ1v) is 6.11. The molecule has 0 amide bonds. The Kier molecular flexibility index (Phi) is 3.94. The van der Waals surface area contributed by atoms with E-state index in [9.17, 15) is 4.39 Å². The van der Waals surface area contributed by atoms with E-state index >= 15 is 0 Å². The summed E-state index contributed by atoms with van der Waals surface area (Å²) in [5.41, 5.74) is 1.55. The summed E-state index contributed by atoms with van der Waals surface area (Å²) < 4.78 is 18.8. The molecule has 0 saturated carbocycles. The van der Waals surface area contributed by atoms with E-state index in [-0.39, 0.29) is 5.82 Å². The van der Waals surface area contributed by atoms with Gasteiger partial charge in [-0.3, -0.25) is 0 Å². The molecule has 1 aromatic carbocycles. The van der Waals surface area contributed by atoms with Gasteiger partial charge in [0.05, 0.1) is 0 Å². The molecule has 0 bridgehead atoms. The molecular weight excluding hydrogens is 245 g/mol. The minimum Gasteiger partial charge on any atom is -0.438 e. The third kappa shape index (κ3) is 3.19. The molecule has 0 aliphatic rings. The maximum atomic E-state index is 13.0. The summed E-state index contributed by atoms with van der Waals surface area (Å²) in [6.07, 6.45) is 1.69. The highest BCUT2D eigenvalue weighted by molar-refractivity contribution is 5.39. The molecule has 1 aromatic heterocycles. The van der Waals surface area contributed by atoms with E-state index in [4.69, 9.17) is 4.74 Å². The third-order valence-corrected chi connectivity index (χ3v) is 2.60. The van der Waals surface area contributed by atoms with Crippen LogP contribution in [0.4, 0.5) is 10.3 Å². The first-order valence-electron chi connectivity index (χ1n) is 6.11. The molecule has 0 radical (unpaired) electrons. The number of hydrogen-bond donors (Lipinski definition) is 1. The van der Waals surface area contributed by atoms with Crippen molar-refractivity contribution in [3.8, 4) is 11.6 Å². The lowest BCUT2D eigenvalue weighted by atomic mass is 10.2. The second-order valence-corrected chi connectivity index (χ2v) is 4.22. The highest BCUT2D eigenvalue weighted by Gasteiger charge is 2.08. The van der Waals surface area contributed by atoms with E-state index in [1.807, 2.05) is 13.8 Å². The number of aromatic nitrogens is 2. The normalized spacial score (nSPS) is 10.3. The minimum absolute atomic E-state index is 0.280. The highest BCUT2D eigenvalue weighted by atomic mass is 19.1. The van der Waals surface area contributed by atoms with Crippen LogP contribution >= 0.6 is 0 Å². The number of nitrogens with zero attached hydrogens (tertiary/aromatic N) is 2. The minimum atomic E-state index is -0.280. The van der Waals surface area contributed by atoms with Gasteiger partial charge in [0.25, 0.3) is 0 Å². The zero-order valence-electron chi connectivity index (χ0n) is 11.2. The van der Waals surface area contributed by atoms with Crippen molar-refractivity contribution in [2.45, 2.75) is 20.8 Å². The number of benzene rings is 1. The van der Waals surface area contributed by atoms with Gasteiger partial charge < -0.3 is 10.1 Å². The molecule has 1 heterocycles. The predicted octanol–water partition coefficient (Wildman–Crippen LogP) is 3.46. The van der Waals surface area contributed by atoms with Crippen LogP contribution < -0.4 is 10.1 Å². The molecule has 5 heteroatoms. The quantitative estimate of drug-likeness (QED) is 0.915. The average Bonchev–Trinajstić information content (AvgIpc) is 2.37. The Bertz CT molecular complexity index is 587. The van der Waals surface area contributed by atoms with E-state index in [1.54, 1.807) is 19.2 Å². The monoisotopic (exact) mass is 261 g/mol. The molecular formula is C14H16FN3O. The number of anilines is 1. The topological polar surface area (TPSA) is 47.0 Å². The molecule has 0 aliphatic carbocycles. The maximum Gasteiger partial charge on any atom is 0.226 e. The zero-order chi connectivity index (χ0) is 13.8. The van der Waals surface area contributed by atoms with Crippen molar-refractivity contribution < 1.29 is 9.13 Å². The van der Waals surface area contributed by atoms with Crippen LogP contribution in [0.15, 0.2) is 24.4 Å². The second kappa shape index (κ2) is 5.65. The Hall–Kier alpha value is -2.17. The fourth-order valence-corrected chi connectivity index (χ4v) is 1.60. The van der Waals surface area contributed by atoms with Crippen LogP contribution in [0.3, 0.4) is 0 Å². The van der Waals surface area contributed by atoms with Gasteiger partial charge in [0.2, 0.25) is 11.8 Å². The Morgan fingerprint density at radius 1 is 1.26 bits per heavy atom. The summed E-state index contributed by atoms with van der Waals surface area (Å²) in [6, 6.07) is 4.39. The van der Waals surface area contributed by atoms with Gasteiger partial charge in [0, 0.05) is 18.3 Å². The molecule has 0 aliphatic heterocycles.